The second-order valence-electron chi connectivity index (χ2n) is 8.51. The van der Waals surface area contributed by atoms with Crippen molar-refractivity contribution in [2.75, 3.05) is 31.6 Å². The van der Waals surface area contributed by atoms with E-state index in [0.29, 0.717) is 37.2 Å². The fourth-order valence-corrected chi connectivity index (χ4v) is 5.72. The third-order valence-electron chi connectivity index (χ3n) is 6.22. The van der Waals surface area contributed by atoms with Gasteiger partial charge in [0.05, 0.1) is 22.3 Å². The topological polar surface area (TPSA) is 105 Å². The van der Waals surface area contributed by atoms with Crippen molar-refractivity contribution in [2.24, 2.45) is 5.92 Å². The molecule has 0 unspecified atom stereocenters. The van der Waals surface area contributed by atoms with E-state index in [1.165, 1.54) is 16.4 Å². The van der Waals surface area contributed by atoms with E-state index < -0.39 is 15.8 Å². The number of nitrogens with zero attached hydrogens (tertiary/aromatic N) is 1. The molecule has 0 saturated carbocycles. The van der Waals surface area contributed by atoms with Gasteiger partial charge in [-0.15, -0.1) is 0 Å². The molecule has 0 aliphatic carbocycles. The van der Waals surface area contributed by atoms with Gasteiger partial charge in [0.1, 0.15) is 5.82 Å². The number of ether oxygens (including phenoxy) is 1. The van der Waals surface area contributed by atoms with Crippen LogP contribution in [0.3, 0.4) is 0 Å². The summed E-state index contributed by atoms with van der Waals surface area (Å²) in [5.41, 5.74) is 0.781. The van der Waals surface area contributed by atoms with Crippen molar-refractivity contribution < 1.29 is 27.1 Å². The number of halogens is 1. The summed E-state index contributed by atoms with van der Waals surface area (Å²) < 4.78 is 45.6. The van der Waals surface area contributed by atoms with Crippen molar-refractivity contribution in [3.05, 3.63) is 59.9 Å². The van der Waals surface area contributed by atoms with E-state index in [-0.39, 0.29) is 41.8 Å². The lowest BCUT2D eigenvalue weighted by Gasteiger charge is -2.30. The molecular formula is C24H28FN3O5S. The summed E-state index contributed by atoms with van der Waals surface area (Å²) in [6, 6.07) is 11.5. The maximum Gasteiger partial charge on any atom is 0.253 e. The minimum Gasteiger partial charge on any atom is -0.376 e. The Balaban J connectivity index is 1.34. The number of hydrogen-bond donors (Lipinski definition) is 2. The number of nitrogens with one attached hydrogen (secondary N) is 2. The third kappa shape index (κ3) is 5.63. The minimum atomic E-state index is -3.75. The number of para-hydroxylation sites is 1. The molecular weight excluding hydrogens is 461 g/mol. The molecule has 1 atom stereocenters. The van der Waals surface area contributed by atoms with Gasteiger partial charge in [0, 0.05) is 32.2 Å². The molecule has 0 aromatic heterocycles. The van der Waals surface area contributed by atoms with Crippen LogP contribution in [0.4, 0.5) is 10.1 Å². The zero-order chi connectivity index (χ0) is 24.1. The van der Waals surface area contributed by atoms with Crippen molar-refractivity contribution in [1.29, 1.82) is 0 Å². The highest BCUT2D eigenvalue weighted by Gasteiger charge is 2.32. The average Bonchev–Trinajstić information content (AvgIpc) is 3.37. The molecule has 8 nitrogen and oxygen atoms in total. The highest BCUT2D eigenvalue weighted by Crippen LogP contribution is 2.26. The molecule has 2 fully saturated rings. The van der Waals surface area contributed by atoms with Crippen LogP contribution in [0.1, 0.15) is 36.0 Å². The average molecular weight is 490 g/mol. The molecule has 0 bridgehead atoms. The molecule has 182 valence electrons. The maximum absolute atomic E-state index is 13.1. The number of sulfonamides is 1. The van der Waals surface area contributed by atoms with Gasteiger partial charge in [0.15, 0.2) is 0 Å². The van der Waals surface area contributed by atoms with Gasteiger partial charge in [-0.25, -0.2) is 12.8 Å². The number of carbonyl (C=O) groups excluding carboxylic acids is 2. The number of carbonyl (C=O) groups is 2. The van der Waals surface area contributed by atoms with Crippen molar-refractivity contribution in [3.8, 4) is 0 Å². The Bertz CT molecular complexity index is 1130. The van der Waals surface area contributed by atoms with Gasteiger partial charge in [-0.05, 0) is 62.1 Å². The molecule has 2 saturated heterocycles. The molecule has 0 radical (unpaired) electrons. The Morgan fingerprint density at radius 3 is 2.41 bits per heavy atom. The van der Waals surface area contributed by atoms with Crippen LogP contribution < -0.4 is 10.6 Å². The van der Waals surface area contributed by atoms with Gasteiger partial charge in [0.25, 0.3) is 5.91 Å². The lowest BCUT2D eigenvalue weighted by atomic mass is 9.97. The van der Waals surface area contributed by atoms with Crippen LogP contribution in [0, 0.1) is 11.7 Å². The maximum atomic E-state index is 13.1. The standard InChI is InChI=1S/C24H28FN3O5S/c25-18-7-9-20(10-8-18)34(31,32)28-13-11-17(12-14-28)23(29)27-22-6-2-1-5-21(22)24(30)26-16-19-4-3-15-33-19/h1-2,5-10,17,19H,3-4,11-16H2,(H,26,30)(H,27,29)/t19-/m1/s1. The van der Waals surface area contributed by atoms with Crippen molar-refractivity contribution >= 4 is 27.5 Å². The molecule has 4 rings (SSSR count). The lowest BCUT2D eigenvalue weighted by molar-refractivity contribution is -0.120. The Morgan fingerprint density at radius 2 is 1.74 bits per heavy atom. The molecule has 2 aromatic rings. The summed E-state index contributed by atoms with van der Waals surface area (Å²) in [4.78, 5) is 25.6. The molecule has 2 amide bonds. The summed E-state index contributed by atoms with van der Waals surface area (Å²) in [5.74, 6) is -1.43. The number of benzene rings is 2. The SMILES string of the molecule is O=C(NC[C@H]1CCCO1)c1ccccc1NC(=O)C1CCN(S(=O)(=O)c2ccc(F)cc2)CC1. The van der Waals surface area contributed by atoms with Crippen molar-refractivity contribution in [2.45, 2.75) is 36.7 Å². The first-order valence-electron chi connectivity index (χ1n) is 11.4. The number of anilines is 1. The third-order valence-corrected chi connectivity index (χ3v) is 8.13. The summed E-state index contributed by atoms with van der Waals surface area (Å²) in [6.45, 7) is 1.49. The van der Waals surface area contributed by atoms with Crippen LogP contribution in [0.15, 0.2) is 53.4 Å². The molecule has 2 heterocycles. The van der Waals surface area contributed by atoms with Gasteiger partial charge >= 0.3 is 0 Å². The molecule has 2 N–H and O–H groups in total. The molecule has 34 heavy (non-hydrogen) atoms. The first-order valence-corrected chi connectivity index (χ1v) is 12.8. The summed E-state index contributed by atoms with van der Waals surface area (Å²) in [6.07, 6.45) is 2.60. The first kappa shape index (κ1) is 24.3. The Kier molecular flexibility index (Phi) is 7.60. The highest BCUT2D eigenvalue weighted by molar-refractivity contribution is 7.89. The smallest absolute Gasteiger partial charge is 0.253 e. The Hall–Kier alpha value is -2.82. The van der Waals surface area contributed by atoms with E-state index in [1.807, 2.05) is 0 Å². The number of piperidine rings is 1. The monoisotopic (exact) mass is 489 g/mol. The predicted molar refractivity (Wildman–Crippen MR) is 124 cm³/mol. The molecule has 10 heteroatoms. The molecule has 2 aliphatic rings. The van der Waals surface area contributed by atoms with Crippen molar-refractivity contribution in [1.82, 2.24) is 9.62 Å². The quantitative estimate of drug-likeness (QED) is 0.622. The zero-order valence-electron chi connectivity index (χ0n) is 18.7. The first-order chi connectivity index (χ1) is 16.3. The second-order valence-corrected chi connectivity index (χ2v) is 10.5. The molecule has 2 aliphatic heterocycles. The number of rotatable bonds is 7. The van der Waals surface area contributed by atoms with E-state index in [2.05, 4.69) is 10.6 Å². The van der Waals surface area contributed by atoms with Crippen LogP contribution in [0.25, 0.3) is 0 Å². The van der Waals surface area contributed by atoms with Crippen molar-refractivity contribution in [3.63, 3.8) is 0 Å². The summed E-state index contributed by atoms with van der Waals surface area (Å²) in [7, 11) is -3.75. The van der Waals surface area contributed by atoms with Gasteiger partial charge in [-0.2, -0.15) is 4.31 Å². The van der Waals surface area contributed by atoms with Crippen LogP contribution in [-0.4, -0.2) is 56.9 Å². The van der Waals surface area contributed by atoms with Crippen LogP contribution in [0.2, 0.25) is 0 Å². The van der Waals surface area contributed by atoms with E-state index in [4.69, 9.17) is 4.74 Å². The zero-order valence-corrected chi connectivity index (χ0v) is 19.5. The van der Waals surface area contributed by atoms with Gasteiger partial charge in [-0.3, -0.25) is 9.59 Å². The molecule has 2 aromatic carbocycles. The number of hydrogen-bond acceptors (Lipinski definition) is 5. The Morgan fingerprint density at radius 1 is 1.03 bits per heavy atom. The van der Waals surface area contributed by atoms with E-state index in [1.54, 1.807) is 24.3 Å². The van der Waals surface area contributed by atoms with E-state index >= 15 is 0 Å². The van der Waals surface area contributed by atoms with Gasteiger partial charge in [0.2, 0.25) is 15.9 Å². The van der Waals surface area contributed by atoms with E-state index in [9.17, 15) is 22.4 Å². The van der Waals surface area contributed by atoms with Crippen LogP contribution in [-0.2, 0) is 19.6 Å². The van der Waals surface area contributed by atoms with Crippen LogP contribution >= 0.6 is 0 Å². The van der Waals surface area contributed by atoms with Gasteiger partial charge in [-0.1, -0.05) is 12.1 Å². The summed E-state index contributed by atoms with van der Waals surface area (Å²) >= 11 is 0. The lowest BCUT2D eigenvalue weighted by Crippen LogP contribution is -2.41. The fraction of sp³-hybridized carbons (Fsp3) is 0.417. The largest absolute Gasteiger partial charge is 0.376 e. The summed E-state index contributed by atoms with van der Waals surface area (Å²) in [5, 5.41) is 5.70. The Labute approximate surface area is 198 Å². The molecule has 0 spiro atoms. The normalized spacial score (nSPS) is 19.6. The predicted octanol–water partition coefficient (Wildman–Crippen LogP) is 2.77. The second kappa shape index (κ2) is 10.6. The minimum absolute atomic E-state index is 0.0158. The van der Waals surface area contributed by atoms with E-state index in [0.717, 1.165) is 25.0 Å². The fourth-order valence-electron chi connectivity index (χ4n) is 4.25. The van der Waals surface area contributed by atoms with Crippen LogP contribution in [0.5, 0.6) is 0 Å². The van der Waals surface area contributed by atoms with Gasteiger partial charge < -0.3 is 15.4 Å². The highest BCUT2D eigenvalue weighted by atomic mass is 32.2. The number of amides is 2.